The SMILES string of the molecule is CC(C#N)(CCCO)OC(=S)c1ccccc1. The van der Waals surface area contributed by atoms with Crippen molar-refractivity contribution in [1.29, 1.82) is 5.26 Å². The van der Waals surface area contributed by atoms with E-state index >= 15 is 0 Å². The molecule has 0 aliphatic rings. The van der Waals surface area contributed by atoms with Crippen LogP contribution in [0.15, 0.2) is 30.3 Å². The minimum Gasteiger partial charge on any atom is -0.462 e. The van der Waals surface area contributed by atoms with Crippen molar-refractivity contribution in [2.45, 2.75) is 25.4 Å². The average Bonchev–Trinajstić information content (AvgIpc) is 2.37. The molecule has 0 aliphatic carbocycles. The molecule has 0 heterocycles. The Morgan fingerprint density at radius 2 is 2.12 bits per heavy atom. The van der Waals surface area contributed by atoms with Crippen LogP contribution in [0.2, 0.25) is 0 Å². The van der Waals surface area contributed by atoms with E-state index in [4.69, 9.17) is 27.3 Å². The van der Waals surface area contributed by atoms with Crippen LogP contribution in [-0.4, -0.2) is 22.4 Å². The van der Waals surface area contributed by atoms with Gasteiger partial charge in [-0.25, -0.2) is 0 Å². The third kappa shape index (κ3) is 4.14. The summed E-state index contributed by atoms with van der Waals surface area (Å²) in [6, 6.07) is 11.4. The molecule has 0 spiro atoms. The number of hydrogen-bond acceptors (Lipinski definition) is 4. The van der Waals surface area contributed by atoms with Crippen molar-refractivity contribution < 1.29 is 9.84 Å². The second-order valence-electron chi connectivity index (χ2n) is 3.93. The second-order valence-corrected chi connectivity index (χ2v) is 4.30. The zero-order valence-corrected chi connectivity index (χ0v) is 10.5. The maximum absolute atomic E-state index is 9.09. The summed E-state index contributed by atoms with van der Waals surface area (Å²) in [5.41, 5.74) is -0.191. The maximum atomic E-state index is 9.09. The molecule has 0 amide bonds. The first kappa shape index (κ1) is 13.6. The van der Waals surface area contributed by atoms with Gasteiger partial charge < -0.3 is 9.84 Å². The molecule has 4 heteroatoms. The standard InChI is InChI=1S/C13H15NO2S/c1-13(10-14,8-5-9-15)16-12(17)11-6-3-2-4-7-11/h2-4,6-7,15H,5,8-9H2,1H3. The highest BCUT2D eigenvalue weighted by Gasteiger charge is 2.26. The molecule has 0 aromatic heterocycles. The Labute approximate surface area is 107 Å². The highest BCUT2D eigenvalue weighted by molar-refractivity contribution is 7.80. The fourth-order valence-electron chi connectivity index (χ4n) is 1.38. The zero-order valence-electron chi connectivity index (χ0n) is 9.72. The monoisotopic (exact) mass is 249 g/mol. The second kappa shape index (κ2) is 6.33. The van der Waals surface area contributed by atoms with E-state index in [1.807, 2.05) is 30.3 Å². The van der Waals surface area contributed by atoms with E-state index in [-0.39, 0.29) is 6.61 Å². The van der Waals surface area contributed by atoms with Gasteiger partial charge in [-0.2, -0.15) is 5.26 Å². The third-order valence-corrected chi connectivity index (χ3v) is 2.69. The molecule has 0 saturated carbocycles. The van der Waals surface area contributed by atoms with Gasteiger partial charge in [0.15, 0.2) is 10.7 Å². The van der Waals surface area contributed by atoms with Crippen LogP contribution in [0.25, 0.3) is 0 Å². The van der Waals surface area contributed by atoms with Crippen molar-refractivity contribution in [2.75, 3.05) is 6.61 Å². The molecule has 17 heavy (non-hydrogen) atoms. The van der Waals surface area contributed by atoms with Crippen molar-refractivity contribution in [1.82, 2.24) is 0 Å². The summed E-state index contributed by atoms with van der Waals surface area (Å²) in [6.45, 7) is 1.72. The molecule has 0 aliphatic heterocycles. The summed E-state index contributed by atoms with van der Waals surface area (Å²) in [7, 11) is 0. The first-order valence-electron chi connectivity index (χ1n) is 5.42. The van der Waals surface area contributed by atoms with Gasteiger partial charge in [0.2, 0.25) is 0 Å². The Morgan fingerprint density at radius 1 is 1.47 bits per heavy atom. The van der Waals surface area contributed by atoms with E-state index in [9.17, 15) is 0 Å². The number of hydrogen-bond donors (Lipinski definition) is 1. The van der Waals surface area contributed by atoms with Gasteiger partial charge in [0.1, 0.15) is 6.07 Å². The highest BCUT2D eigenvalue weighted by atomic mass is 32.1. The number of ether oxygens (including phenoxy) is 1. The van der Waals surface area contributed by atoms with Crippen LogP contribution in [-0.2, 0) is 4.74 Å². The van der Waals surface area contributed by atoms with Crippen LogP contribution < -0.4 is 0 Å². The molecule has 3 nitrogen and oxygen atoms in total. The Bertz CT molecular complexity index is 413. The van der Waals surface area contributed by atoms with Crippen LogP contribution in [0.5, 0.6) is 0 Å². The van der Waals surface area contributed by atoms with Crippen LogP contribution in [0.4, 0.5) is 0 Å². The summed E-state index contributed by atoms with van der Waals surface area (Å²) in [6.07, 6.45) is 0.967. The fraction of sp³-hybridized carbons (Fsp3) is 0.385. The maximum Gasteiger partial charge on any atom is 0.193 e. The molecule has 1 rings (SSSR count). The quantitative estimate of drug-likeness (QED) is 0.814. The largest absolute Gasteiger partial charge is 0.462 e. The van der Waals surface area contributed by atoms with Gasteiger partial charge in [0, 0.05) is 18.6 Å². The van der Waals surface area contributed by atoms with Crippen LogP contribution in [0.1, 0.15) is 25.3 Å². The van der Waals surface area contributed by atoms with Crippen LogP contribution >= 0.6 is 12.2 Å². The van der Waals surface area contributed by atoms with Gasteiger partial charge >= 0.3 is 0 Å². The summed E-state index contributed by atoms with van der Waals surface area (Å²) < 4.78 is 5.53. The molecule has 1 aromatic rings. The molecule has 0 radical (unpaired) electrons. The number of nitrogens with zero attached hydrogens (tertiary/aromatic N) is 1. The molecule has 1 N–H and O–H groups in total. The minimum absolute atomic E-state index is 0.0404. The summed E-state index contributed by atoms with van der Waals surface area (Å²) in [4.78, 5) is 0. The van der Waals surface area contributed by atoms with Gasteiger partial charge in [-0.05, 0) is 25.6 Å². The van der Waals surface area contributed by atoms with Gasteiger partial charge in [-0.1, -0.05) is 30.3 Å². The van der Waals surface area contributed by atoms with E-state index in [0.717, 1.165) is 5.56 Å². The van der Waals surface area contributed by atoms with Gasteiger partial charge in [-0.15, -0.1) is 0 Å². The first-order valence-corrected chi connectivity index (χ1v) is 5.82. The van der Waals surface area contributed by atoms with Crippen LogP contribution in [0, 0.1) is 11.3 Å². The number of nitriles is 1. The van der Waals surface area contributed by atoms with E-state index in [0.29, 0.717) is 17.9 Å². The van der Waals surface area contributed by atoms with Crippen molar-refractivity contribution in [3.63, 3.8) is 0 Å². The Morgan fingerprint density at radius 3 is 2.65 bits per heavy atom. The Hall–Kier alpha value is -1.44. The number of thiocarbonyl (C=S) groups is 1. The smallest absolute Gasteiger partial charge is 0.193 e. The topological polar surface area (TPSA) is 53.2 Å². The lowest BCUT2D eigenvalue weighted by Crippen LogP contribution is -2.29. The van der Waals surface area contributed by atoms with E-state index < -0.39 is 5.60 Å². The molecule has 0 fully saturated rings. The van der Waals surface area contributed by atoms with Gasteiger partial charge in [0.25, 0.3) is 0 Å². The van der Waals surface area contributed by atoms with E-state index in [1.165, 1.54) is 0 Å². The molecule has 90 valence electrons. The molecule has 1 unspecified atom stereocenters. The summed E-state index contributed by atoms with van der Waals surface area (Å²) in [5.74, 6) is 0. The number of aliphatic hydroxyl groups excluding tert-OH is 1. The zero-order chi connectivity index (χ0) is 12.7. The third-order valence-electron chi connectivity index (χ3n) is 2.38. The minimum atomic E-state index is -0.977. The lowest BCUT2D eigenvalue weighted by Gasteiger charge is -2.23. The normalized spacial score (nSPS) is 13.5. The molecule has 0 bridgehead atoms. The highest BCUT2D eigenvalue weighted by Crippen LogP contribution is 2.19. The molecular weight excluding hydrogens is 234 g/mol. The predicted octanol–water partition coefficient (Wildman–Crippen LogP) is 2.43. The van der Waals surface area contributed by atoms with Crippen molar-refractivity contribution >= 4 is 17.3 Å². The van der Waals surface area contributed by atoms with E-state index in [2.05, 4.69) is 6.07 Å². The van der Waals surface area contributed by atoms with Crippen molar-refractivity contribution in [3.8, 4) is 6.07 Å². The van der Waals surface area contributed by atoms with Gasteiger partial charge in [0.05, 0.1) is 0 Å². The summed E-state index contributed by atoms with van der Waals surface area (Å²) in [5, 5.41) is 18.2. The number of rotatable bonds is 5. The Balaban J connectivity index is 2.70. The lowest BCUT2D eigenvalue weighted by atomic mass is 10.0. The molecule has 0 saturated heterocycles. The van der Waals surface area contributed by atoms with Crippen molar-refractivity contribution in [3.05, 3.63) is 35.9 Å². The number of benzene rings is 1. The first-order chi connectivity index (χ1) is 8.11. The molecular formula is C13H15NO2S. The lowest BCUT2D eigenvalue weighted by molar-refractivity contribution is 0.118. The fourth-order valence-corrected chi connectivity index (χ4v) is 1.70. The Kier molecular flexibility index (Phi) is 5.08. The summed E-state index contributed by atoms with van der Waals surface area (Å²) >= 11 is 5.15. The average molecular weight is 249 g/mol. The van der Waals surface area contributed by atoms with E-state index in [1.54, 1.807) is 6.92 Å². The predicted molar refractivity (Wildman–Crippen MR) is 69.6 cm³/mol. The molecule has 1 atom stereocenters. The van der Waals surface area contributed by atoms with Gasteiger partial charge in [-0.3, -0.25) is 0 Å². The number of aliphatic hydroxyl groups is 1. The van der Waals surface area contributed by atoms with Crippen LogP contribution in [0.3, 0.4) is 0 Å². The van der Waals surface area contributed by atoms with Crippen molar-refractivity contribution in [2.24, 2.45) is 0 Å². The molecule has 1 aromatic carbocycles.